The molecule has 1 saturated carbocycles. The van der Waals surface area contributed by atoms with Crippen LogP contribution >= 0.6 is 11.6 Å². The van der Waals surface area contributed by atoms with Crippen LogP contribution < -0.4 is 4.74 Å². The van der Waals surface area contributed by atoms with Crippen LogP contribution in [0.15, 0.2) is 12.1 Å². The van der Waals surface area contributed by atoms with E-state index in [1.807, 2.05) is 13.0 Å². The van der Waals surface area contributed by atoms with E-state index in [0.29, 0.717) is 24.0 Å². The van der Waals surface area contributed by atoms with Gasteiger partial charge < -0.3 is 4.74 Å². The van der Waals surface area contributed by atoms with Crippen LogP contribution in [0.5, 0.6) is 5.75 Å². The van der Waals surface area contributed by atoms with Gasteiger partial charge in [-0.05, 0) is 62.1 Å². The van der Waals surface area contributed by atoms with Gasteiger partial charge in [0.15, 0.2) is 0 Å². The predicted octanol–water partition coefficient (Wildman–Crippen LogP) is 6.47. The van der Waals surface area contributed by atoms with E-state index in [0.717, 1.165) is 25.0 Å². The van der Waals surface area contributed by atoms with Crippen molar-refractivity contribution in [2.24, 2.45) is 0 Å². The van der Waals surface area contributed by atoms with E-state index in [4.69, 9.17) is 16.3 Å². The summed E-state index contributed by atoms with van der Waals surface area (Å²) in [5.41, 5.74) is 2.70. The van der Waals surface area contributed by atoms with Crippen molar-refractivity contribution in [3.63, 3.8) is 0 Å². The zero-order valence-electron chi connectivity index (χ0n) is 13.7. The average molecular weight is 327 g/mol. The van der Waals surface area contributed by atoms with Crippen molar-refractivity contribution in [1.29, 1.82) is 0 Å². The van der Waals surface area contributed by atoms with Gasteiger partial charge in [0.2, 0.25) is 0 Å². The molecule has 0 saturated heterocycles. The Bertz CT molecular complexity index is 455. The number of hydrogen-bond donors (Lipinski definition) is 0. The quantitative estimate of drug-likeness (QED) is 0.497. The molecule has 124 valence electrons. The van der Waals surface area contributed by atoms with Gasteiger partial charge in [-0.15, -0.1) is 0 Å². The van der Waals surface area contributed by atoms with E-state index < -0.39 is 0 Å². The summed E-state index contributed by atoms with van der Waals surface area (Å²) in [7, 11) is 0. The Hall–Kier alpha value is -0.760. The molecule has 2 rings (SSSR count). The number of benzene rings is 1. The topological polar surface area (TPSA) is 9.23 Å². The van der Waals surface area contributed by atoms with Gasteiger partial charge in [-0.25, -0.2) is 0 Å². The molecule has 0 atom stereocenters. The molecule has 1 aromatic rings. The van der Waals surface area contributed by atoms with Gasteiger partial charge in [0, 0.05) is 0 Å². The molecule has 0 radical (unpaired) electrons. The van der Waals surface area contributed by atoms with Crippen LogP contribution in [0.25, 0.3) is 0 Å². The van der Waals surface area contributed by atoms with Crippen LogP contribution in [-0.2, 0) is 6.42 Å². The summed E-state index contributed by atoms with van der Waals surface area (Å²) in [6.07, 6.45) is 10.1. The molecule has 22 heavy (non-hydrogen) atoms. The van der Waals surface area contributed by atoms with Crippen molar-refractivity contribution in [3.8, 4) is 5.75 Å². The van der Waals surface area contributed by atoms with Gasteiger partial charge in [-0.3, -0.25) is 4.39 Å². The first kappa shape index (κ1) is 17.6. The van der Waals surface area contributed by atoms with Crippen LogP contribution in [0.2, 0.25) is 5.02 Å². The predicted molar refractivity (Wildman–Crippen MR) is 92.0 cm³/mol. The summed E-state index contributed by atoms with van der Waals surface area (Å²) >= 11 is 6.37. The van der Waals surface area contributed by atoms with Crippen molar-refractivity contribution >= 4 is 11.6 Å². The number of ether oxygens (including phenoxy) is 1. The monoisotopic (exact) mass is 326 g/mol. The third kappa shape index (κ3) is 4.62. The summed E-state index contributed by atoms with van der Waals surface area (Å²) in [4.78, 5) is 0. The first-order valence-corrected chi connectivity index (χ1v) is 9.15. The first-order valence-electron chi connectivity index (χ1n) is 8.78. The molecule has 0 bridgehead atoms. The number of unbranched alkanes of at least 4 members (excludes halogenated alkanes) is 2. The zero-order chi connectivity index (χ0) is 15.8. The average Bonchev–Trinajstić information content (AvgIpc) is 2.55. The Labute approximate surface area is 139 Å². The normalized spacial score (nSPS) is 16.0. The minimum absolute atomic E-state index is 0.219. The van der Waals surface area contributed by atoms with E-state index in [1.54, 1.807) is 0 Å². The van der Waals surface area contributed by atoms with Crippen LogP contribution in [0.3, 0.4) is 0 Å². The Morgan fingerprint density at radius 2 is 1.91 bits per heavy atom. The minimum atomic E-state index is -0.219. The second kappa shape index (κ2) is 9.39. The van der Waals surface area contributed by atoms with Gasteiger partial charge >= 0.3 is 0 Å². The molecule has 1 aromatic carbocycles. The van der Waals surface area contributed by atoms with Crippen molar-refractivity contribution in [1.82, 2.24) is 0 Å². The van der Waals surface area contributed by atoms with Gasteiger partial charge in [-0.1, -0.05) is 43.4 Å². The van der Waals surface area contributed by atoms with E-state index >= 15 is 0 Å². The molecule has 0 aliphatic heterocycles. The smallest absolute Gasteiger partial charge is 0.141 e. The number of hydrogen-bond acceptors (Lipinski definition) is 1. The largest absolute Gasteiger partial charge is 0.492 e. The molecule has 1 fully saturated rings. The summed E-state index contributed by atoms with van der Waals surface area (Å²) in [6.45, 7) is 2.41. The fourth-order valence-corrected chi connectivity index (χ4v) is 3.77. The zero-order valence-corrected chi connectivity index (χ0v) is 14.4. The fourth-order valence-electron chi connectivity index (χ4n) is 3.54. The van der Waals surface area contributed by atoms with Crippen LogP contribution in [0.1, 0.15) is 75.3 Å². The molecule has 1 nitrogen and oxygen atoms in total. The van der Waals surface area contributed by atoms with E-state index in [9.17, 15) is 4.39 Å². The van der Waals surface area contributed by atoms with E-state index in [-0.39, 0.29) is 6.67 Å². The lowest BCUT2D eigenvalue weighted by Gasteiger charge is -2.26. The van der Waals surface area contributed by atoms with Gasteiger partial charge in [-0.2, -0.15) is 0 Å². The number of rotatable bonds is 8. The maximum atomic E-state index is 12.3. The van der Waals surface area contributed by atoms with E-state index in [1.165, 1.54) is 43.2 Å². The lowest BCUT2D eigenvalue weighted by atomic mass is 9.81. The fraction of sp³-hybridized carbons (Fsp3) is 0.684. The van der Waals surface area contributed by atoms with Crippen molar-refractivity contribution in [2.75, 3.05) is 13.3 Å². The maximum Gasteiger partial charge on any atom is 0.141 e. The van der Waals surface area contributed by atoms with E-state index in [2.05, 4.69) is 6.07 Å². The molecule has 0 heterocycles. The van der Waals surface area contributed by atoms with Gasteiger partial charge in [0.05, 0.1) is 18.3 Å². The highest BCUT2D eigenvalue weighted by Crippen LogP contribution is 2.41. The molecule has 0 spiro atoms. The van der Waals surface area contributed by atoms with Gasteiger partial charge in [0.25, 0.3) is 0 Å². The molecule has 0 N–H and O–H groups in total. The highest BCUT2D eigenvalue weighted by molar-refractivity contribution is 6.32. The van der Waals surface area contributed by atoms with Crippen molar-refractivity contribution < 1.29 is 9.13 Å². The Kier molecular flexibility index (Phi) is 7.51. The molecule has 1 aliphatic carbocycles. The Morgan fingerprint density at radius 3 is 2.59 bits per heavy atom. The molecular weight excluding hydrogens is 299 g/mol. The molecule has 1 aliphatic rings. The summed E-state index contributed by atoms with van der Waals surface area (Å²) in [5, 5.41) is 0.710. The molecule has 3 heteroatoms. The molecular formula is C19H28ClFO. The van der Waals surface area contributed by atoms with Crippen LogP contribution in [0, 0.1) is 0 Å². The Balaban J connectivity index is 2.23. The number of alkyl halides is 1. The molecule has 0 amide bonds. The third-order valence-corrected chi connectivity index (χ3v) is 4.94. The highest BCUT2D eigenvalue weighted by atomic mass is 35.5. The molecule has 0 aromatic heterocycles. The minimum Gasteiger partial charge on any atom is -0.492 e. The third-order valence-electron chi connectivity index (χ3n) is 4.64. The van der Waals surface area contributed by atoms with Gasteiger partial charge in [0.1, 0.15) is 5.75 Å². The van der Waals surface area contributed by atoms with Crippen LogP contribution in [-0.4, -0.2) is 13.3 Å². The van der Waals surface area contributed by atoms with Crippen LogP contribution in [0.4, 0.5) is 4.39 Å². The standard InChI is InChI=1S/C19H28ClFO/c1-2-22-19-17(11-7-4-8-14-21)16(12-13-18(19)20)15-9-5-3-6-10-15/h12-13,15H,2-11,14H2,1H3. The molecule has 0 unspecified atom stereocenters. The SMILES string of the molecule is CCOc1c(Cl)ccc(C2CCCCC2)c1CCCCCF. The maximum absolute atomic E-state index is 12.3. The highest BCUT2D eigenvalue weighted by Gasteiger charge is 2.22. The summed E-state index contributed by atoms with van der Waals surface area (Å²) in [6, 6.07) is 4.19. The van der Waals surface area contributed by atoms with Crippen molar-refractivity contribution in [2.45, 2.75) is 70.6 Å². The lowest BCUT2D eigenvalue weighted by Crippen LogP contribution is -2.10. The summed E-state index contributed by atoms with van der Waals surface area (Å²) in [5.74, 6) is 1.51. The second-order valence-corrected chi connectivity index (χ2v) is 6.62. The lowest BCUT2D eigenvalue weighted by molar-refractivity contribution is 0.334. The summed E-state index contributed by atoms with van der Waals surface area (Å²) < 4.78 is 18.2. The number of halogens is 2. The Morgan fingerprint density at radius 1 is 1.14 bits per heavy atom. The second-order valence-electron chi connectivity index (χ2n) is 6.21. The first-order chi connectivity index (χ1) is 10.8. The van der Waals surface area contributed by atoms with Crippen molar-refractivity contribution in [3.05, 3.63) is 28.3 Å².